The Balaban J connectivity index is 2.25. The van der Waals surface area contributed by atoms with Gasteiger partial charge in [-0.1, -0.05) is 12.1 Å². The quantitative estimate of drug-likeness (QED) is 0.915. The van der Waals surface area contributed by atoms with Crippen LogP contribution in [0.5, 0.6) is 5.75 Å². The zero-order valence-electron chi connectivity index (χ0n) is 9.77. The van der Waals surface area contributed by atoms with Crippen molar-refractivity contribution in [1.82, 2.24) is 0 Å². The third-order valence-corrected chi connectivity index (χ3v) is 4.13. The fraction of sp³-hybridized carbons (Fsp3) is 0.231. The smallest absolute Gasteiger partial charge is 0.165 e. The van der Waals surface area contributed by atoms with Crippen LogP contribution in [0.3, 0.4) is 0 Å². The van der Waals surface area contributed by atoms with Gasteiger partial charge in [-0.05, 0) is 47.1 Å². The maximum atomic E-state index is 13.6. The molecule has 2 atom stereocenters. The molecular weight excluding hydrogens is 317 g/mol. The van der Waals surface area contributed by atoms with Gasteiger partial charge >= 0.3 is 0 Å². The van der Waals surface area contributed by atoms with E-state index in [2.05, 4.69) is 15.9 Å². The van der Waals surface area contributed by atoms with Gasteiger partial charge < -0.3 is 10.5 Å². The van der Waals surface area contributed by atoms with Crippen LogP contribution in [0, 0.1) is 5.82 Å². The van der Waals surface area contributed by atoms with Crippen molar-refractivity contribution in [3.05, 3.63) is 50.9 Å². The molecule has 2 N–H and O–H groups in total. The van der Waals surface area contributed by atoms with Crippen LogP contribution in [0.4, 0.5) is 4.39 Å². The van der Waals surface area contributed by atoms with Crippen LogP contribution in [0.2, 0.25) is 0 Å². The molecule has 0 aliphatic rings. The molecule has 1 aromatic heterocycles. The van der Waals surface area contributed by atoms with Crippen molar-refractivity contribution in [1.29, 1.82) is 0 Å². The fourth-order valence-corrected chi connectivity index (χ4v) is 3.15. The molecule has 0 radical (unpaired) electrons. The van der Waals surface area contributed by atoms with Crippen LogP contribution in [-0.2, 0) is 0 Å². The Morgan fingerprint density at radius 1 is 1.28 bits per heavy atom. The topological polar surface area (TPSA) is 35.2 Å². The van der Waals surface area contributed by atoms with Gasteiger partial charge in [0.2, 0.25) is 0 Å². The summed E-state index contributed by atoms with van der Waals surface area (Å²) in [7, 11) is 0. The molecule has 0 spiro atoms. The van der Waals surface area contributed by atoms with Crippen molar-refractivity contribution in [2.75, 3.05) is 0 Å². The first-order valence-electron chi connectivity index (χ1n) is 5.50. The molecule has 0 aliphatic heterocycles. The zero-order chi connectivity index (χ0) is 13.1. The second-order valence-corrected chi connectivity index (χ2v) is 6.46. The summed E-state index contributed by atoms with van der Waals surface area (Å²) >= 11 is 4.94. The minimum absolute atomic E-state index is 0.226. The van der Waals surface area contributed by atoms with E-state index < -0.39 is 0 Å². The van der Waals surface area contributed by atoms with Gasteiger partial charge in [0.25, 0.3) is 0 Å². The van der Waals surface area contributed by atoms with Gasteiger partial charge in [-0.25, -0.2) is 4.39 Å². The Labute approximate surface area is 118 Å². The average Bonchev–Trinajstić information content (AvgIpc) is 2.74. The lowest BCUT2D eigenvalue weighted by atomic mass is 10.1. The van der Waals surface area contributed by atoms with E-state index in [1.807, 2.05) is 19.1 Å². The SMILES string of the molecule is CC(N)C(Oc1ccccc1F)c1ccc(Br)s1. The number of rotatable bonds is 4. The summed E-state index contributed by atoms with van der Waals surface area (Å²) in [6.07, 6.45) is -0.349. The molecule has 0 saturated heterocycles. The van der Waals surface area contributed by atoms with Crippen LogP contribution in [-0.4, -0.2) is 6.04 Å². The van der Waals surface area contributed by atoms with E-state index in [4.69, 9.17) is 10.5 Å². The zero-order valence-corrected chi connectivity index (χ0v) is 12.2. The lowest BCUT2D eigenvalue weighted by Gasteiger charge is -2.21. The van der Waals surface area contributed by atoms with Crippen LogP contribution in [0.1, 0.15) is 17.9 Å². The molecule has 5 heteroatoms. The molecule has 18 heavy (non-hydrogen) atoms. The maximum absolute atomic E-state index is 13.6. The number of hydrogen-bond donors (Lipinski definition) is 1. The minimum atomic E-state index is -0.376. The molecule has 0 amide bonds. The molecule has 96 valence electrons. The number of para-hydroxylation sites is 1. The van der Waals surface area contributed by atoms with Gasteiger partial charge in [0, 0.05) is 10.9 Å². The monoisotopic (exact) mass is 329 g/mol. The van der Waals surface area contributed by atoms with Crippen molar-refractivity contribution in [3.63, 3.8) is 0 Å². The van der Waals surface area contributed by atoms with Gasteiger partial charge in [-0.2, -0.15) is 0 Å². The summed E-state index contributed by atoms with van der Waals surface area (Å²) < 4.78 is 20.3. The average molecular weight is 330 g/mol. The Hall–Kier alpha value is -0.910. The third kappa shape index (κ3) is 3.10. The summed E-state index contributed by atoms with van der Waals surface area (Å²) in [4.78, 5) is 0.972. The molecule has 1 heterocycles. The second kappa shape index (κ2) is 5.82. The Bertz CT molecular complexity index is 529. The Morgan fingerprint density at radius 2 is 2.00 bits per heavy atom. The van der Waals surface area contributed by atoms with Crippen LogP contribution < -0.4 is 10.5 Å². The molecule has 0 fully saturated rings. The van der Waals surface area contributed by atoms with Crippen LogP contribution in [0.25, 0.3) is 0 Å². The summed E-state index contributed by atoms with van der Waals surface area (Å²) in [6.45, 7) is 1.85. The molecule has 0 saturated carbocycles. The highest BCUT2D eigenvalue weighted by Gasteiger charge is 2.21. The van der Waals surface area contributed by atoms with E-state index in [0.717, 1.165) is 8.66 Å². The Morgan fingerprint density at radius 3 is 2.56 bits per heavy atom. The number of thiophene rings is 1. The summed E-state index contributed by atoms with van der Waals surface area (Å²) in [6, 6.07) is 9.98. The van der Waals surface area contributed by atoms with Gasteiger partial charge in [-0.3, -0.25) is 0 Å². The third-order valence-electron chi connectivity index (χ3n) is 2.44. The van der Waals surface area contributed by atoms with Gasteiger partial charge in [0.15, 0.2) is 11.6 Å². The number of hydrogen-bond acceptors (Lipinski definition) is 3. The highest BCUT2D eigenvalue weighted by Crippen LogP contribution is 2.32. The fourth-order valence-electron chi connectivity index (χ4n) is 1.58. The molecular formula is C13H13BrFNOS. The normalized spacial score (nSPS) is 14.2. The van der Waals surface area contributed by atoms with E-state index in [9.17, 15) is 4.39 Å². The van der Waals surface area contributed by atoms with E-state index in [1.165, 1.54) is 17.4 Å². The number of nitrogens with two attached hydrogens (primary N) is 1. The van der Waals surface area contributed by atoms with E-state index in [0.29, 0.717) is 0 Å². The first kappa shape index (κ1) is 13.5. The summed E-state index contributed by atoms with van der Waals surface area (Å²) in [5, 5.41) is 0. The van der Waals surface area contributed by atoms with E-state index in [1.54, 1.807) is 18.2 Å². The summed E-state index contributed by atoms with van der Waals surface area (Å²) in [5.41, 5.74) is 5.92. The largest absolute Gasteiger partial charge is 0.480 e. The van der Waals surface area contributed by atoms with Crippen LogP contribution in [0.15, 0.2) is 40.2 Å². The lowest BCUT2D eigenvalue weighted by molar-refractivity contribution is 0.176. The van der Waals surface area contributed by atoms with Crippen molar-refractivity contribution >= 4 is 27.3 Å². The van der Waals surface area contributed by atoms with E-state index in [-0.39, 0.29) is 23.7 Å². The predicted octanol–water partition coefficient (Wildman–Crippen LogP) is 4.12. The number of benzene rings is 1. The lowest BCUT2D eigenvalue weighted by Crippen LogP contribution is -2.28. The first-order chi connectivity index (χ1) is 8.58. The molecule has 2 unspecified atom stereocenters. The molecule has 1 aromatic carbocycles. The Kier molecular flexibility index (Phi) is 4.37. The van der Waals surface area contributed by atoms with Gasteiger partial charge in [-0.15, -0.1) is 11.3 Å². The van der Waals surface area contributed by atoms with Crippen molar-refractivity contribution in [2.45, 2.75) is 19.1 Å². The number of halogens is 2. The summed E-state index contributed by atoms with van der Waals surface area (Å²) in [5.74, 6) is -0.150. The minimum Gasteiger partial charge on any atom is -0.480 e. The standard InChI is InChI=1S/C13H13BrFNOS/c1-8(16)13(11-6-7-12(14)18-11)17-10-5-3-2-4-9(10)15/h2-8,13H,16H2,1H3. The van der Waals surface area contributed by atoms with Crippen molar-refractivity contribution in [3.8, 4) is 5.75 Å². The molecule has 2 nitrogen and oxygen atoms in total. The van der Waals surface area contributed by atoms with Crippen molar-refractivity contribution in [2.24, 2.45) is 5.73 Å². The molecule has 2 aromatic rings. The van der Waals surface area contributed by atoms with Crippen molar-refractivity contribution < 1.29 is 9.13 Å². The highest BCUT2D eigenvalue weighted by molar-refractivity contribution is 9.11. The maximum Gasteiger partial charge on any atom is 0.165 e. The predicted molar refractivity (Wildman–Crippen MR) is 75.4 cm³/mol. The molecule has 2 rings (SSSR count). The van der Waals surface area contributed by atoms with Gasteiger partial charge in [0.05, 0.1) is 3.79 Å². The highest BCUT2D eigenvalue weighted by atomic mass is 79.9. The first-order valence-corrected chi connectivity index (χ1v) is 7.11. The molecule has 0 aliphatic carbocycles. The van der Waals surface area contributed by atoms with Crippen LogP contribution >= 0.6 is 27.3 Å². The molecule has 0 bridgehead atoms. The van der Waals surface area contributed by atoms with E-state index >= 15 is 0 Å². The number of ether oxygens (including phenoxy) is 1. The van der Waals surface area contributed by atoms with Gasteiger partial charge in [0.1, 0.15) is 6.10 Å². The second-order valence-electron chi connectivity index (χ2n) is 3.97.